The van der Waals surface area contributed by atoms with Crippen LogP contribution in [-0.4, -0.2) is 26.4 Å². The molecular formula is C24H26FN5O2S2. The maximum atomic E-state index is 13.1. The predicted octanol–water partition coefficient (Wildman–Crippen LogP) is 5.27. The molecule has 0 saturated heterocycles. The summed E-state index contributed by atoms with van der Waals surface area (Å²) >= 11 is 2.80. The molecule has 1 amide bonds. The highest BCUT2D eigenvalue weighted by Crippen LogP contribution is 2.40. The number of carbonyl (C=O) groups excluding carboxylic acids is 1. The molecule has 2 heterocycles. The Kier molecular flexibility index (Phi) is 7.54. The van der Waals surface area contributed by atoms with E-state index in [9.17, 15) is 14.4 Å². The summed E-state index contributed by atoms with van der Waals surface area (Å²) in [6.07, 6.45) is 3.70. The minimum Gasteiger partial charge on any atom is -0.483 e. The first-order valence-corrected chi connectivity index (χ1v) is 13.0. The predicted molar refractivity (Wildman–Crippen MR) is 131 cm³/mol. The number of anilines is 1. The SMILES string of the molecule is CCC1CCc2c(sc(NC(=O)CSc3nnc(C(C)Oc4ccc(F)cc4)n3C)c2C#N)C1. The molecule has 34 heavy (non-hydrogen) atoms. The van der Waals surface area contributed by atoms with Gasteiger partial charge in [-0.25, -0.2) is 4.39 Å². The van der Waals surface area contributed by atoms with Gasteiger partial charge in [0.25, 0.3) is 0 Å². The summed E-state index contributed by atoms with van der Waals surface area (Å²) in [5.74, 6) is 1.40. The lowest BCUT2D eigenvalue weighted by Gasteiger charge is -2.20. The molecule has 1 aliphatic rings. The molecule has 7 nitrogen and oxygen atoms in total. The van der Waals surface area contributed by atoms with Gasteiger partial charge in [-0.1, -0.05) is 25.1 Å². The van der Waals surface area contributed by atoms with E-state index in [0.717, 1.165) is 31.2 Å². The maximum Gasteiger partial charge on any atom is 0.235 e. The van der Waals surface area contributed by atoms with Gasteiger partial charge >= 0.3 is 0 Å². The molecule has 2 atom stereocenters. The number of rotatable bonds is 8. The molecule has 3 aromatic rings. The zero-order valence-electron chi connectivity index (χ0n) is 19.3. The fraction of sp³-hybridized carbons (Fsp3) is 0.417. The number of nitrogens with zero attached hydrogens (tertiary/aromatic N) is 4. The van der Waals surface area contributed by atoms with E-state index in [1.54, 1.807) is 16.7 Å². The van der Waals surface area contributed by atoms with E-state index in [1.807, 2.05) is 14.0 Å². The number of nitrogens with one attached hydrogen (secondary N) is 1. The Morgan fingerprint density at radius 1 is 1.41 bits per heavy atom. The lowest BCUT2D eigenvalue weighted by molar-refractivity contribution is -0.113. The van der Waals surface area contributed by atoms with Gasteiger partial charge in [-0.05, 0) is 61.9 Å². The Hall–Kier alpha value is -2.90. The number of benzene rings is 1. The van der Waals surface area contributed by atoms with Crippen molar-refractivity contribution in [2.24, 2.45) is 13.0 Å². The Bertz CT molecular complexity index is 1220. The summed E-state index contributed by atoms with van der Waals surface area (Å²) < 4.78 is 20.7. The number of thiophene rings is 1. The van der Waals surface area contributed by atoms with Crippen molar-refractivity contribution in [3.05, 3.63) is 51.9 Å². The van der Waals surface area contributed by atoms with Crippen molar-refractivity contribution in [2.45, 2.75) is 50.8 Å². The van der Waals surface area contributed by atoms with Crippen molar-refractivity contribution in [1.29, 1.82) is 5.26 Å². The van der Waals surface area contributed by atoms with Gasteiger partial charge in [0.2, 0.25) is 5.91 Å². The summed E-state index contributed by atoms with van der Waals surface area (Å²) in [7, 11) is 1.81. The third-order valence-electron chi connectivity index (χ3n) is 6.00. The summed E-state index contributed by atoms with van der Waals surface area (Å²) in [5.41, 5.74) is 1.72. The van der Waals surface area contributed by atoms with E-state index in [1.165, 1.54) is 40.1 Å². The van der Waals surface area contributed by atoms with Crippen LogP contribution in [0.3, 0.4) is 0 Å². The van der Waals surface area contributed by atoms with Crippen LogP contribution in [0.5, 0.6) is 5.75 Å². The van der Waals surface area contributed by atoms with Crippen molar-refractivity contribution < 1.29 is 13.9 Å². The fourth-order valence-corrected chi connectivity index (χ4v) is 6.12. The quantitative estimate of drug-likeness (QED) is 0.424. The van der Waals surface area contributed by atoms with Crippen LogP contribution in [0, 0.1) is 23.1 Å². The zero-order chi connectivity index (χ0) is 24.2. The van der Waals surface area contributed by atoms with Crippen LogP contribution in [0.15, 0.2) is 29.4 Å². The highest BCUT2D eigenvalue weighted by Gasteiger charge is 2.26. The van der Waals surface area contributed by atoms with E-state index >= 15 is 0 Å². The van der Waals surface area contributed by atoms with Crippen LogP contribution < -0.4 is 10.1 Å². The molecule has 0 spiro atoms. The highest BCUT2D eigenvalue weighted by atomic mass is 32.2. The van der Waals surface area contributed by atoms with Crippen molar-refractivity contribution >= 4 is 34.0 Å². The van der Waals surface area contributed by atoms with Crippen LogP contribution in [0.4, 0.5) is 9.39 Å². The first kappa shape index (κ1) is 24.2. The van der Waals surface area contributed by atoms with Gasteiger partial charge in [0, 0.05) is 11.9 Å². The second-order valence-corrected chi connectivity index (χ2v) is 10.3. The molecule has 1 N–H and O–H groups in total. The molecule has 0 aliphatic heterocycles. The molecule has 0 radical (unpaired) electrons. The highest BCUT2D eigenvalue weighted by molar-refractivity contribution is 7.99. The molecule has 2 unspecified atom stereocenters. The molecule has 1 aromatic carbocycles. The minimum absolute atomic E-state index is 0.143. The number of halogens is 1. The number of amides is 1. The lowest BCUT2D eigenvalue weighted by atomic mass is 9.86. The number of carbonyl (C=O) groups is 1. The van der Waals surface area contributed by atoms with Gasteiger partial charge in [-0.2, -0.15) is 5.26 Å². The molecule has 178 valence electrons. The van der Waals surface area contributed by atoms with Crippen LogP contribution in [0.1, 0.15) is 54.6 Å². The minimum atomic E-state index is -0.409. The molecule has 4 rings (SSSR count). The third kappa shape index (κ3) is 5.26. The largest absolute Gasteiger partial charge is 0.483 e. The molecular weight excluding hydrogens is 473 g/mol. The number of fused-ring (bicyclic) bond motifs is 1. The number of hydrogen-bond acceptors (Lipinski definition) is 7. The third-order valence-corrected chi connectivity index (χ3v) is 8.19. The monoisotopic (exact) mass is 499 g/mol. The molecule has 2 aromatic heterocycles. The second kappa shape index (κ2) is 10.6. The van der Waals surface area contributed by atoms with E-state index < -0.39 is 6.10 Å². The average molecular weight is 500 g/mol. The smallest absolute Gasteiger partial charge is 0.235 e. The van der Waals surface area contributed by atoms with Gasteiger partial charge in [0.1, 0.15) is 22.6 Å². The second-order valence-electron chi connectivity index (χ2n) is 8.29. The molecule has 0 saturated carbocycles. The van der Waals surface area contributed by atoms with Crippen molar-refractivity contribution in [3.8, 4) is 11.8 Å². The first-order valence-electron chi connectivity index (χ1n) is 11.2. The summed E-state index contributed by atoms with van der Waals surface area (Å²) in [6, 6.07) is 8.08. The first-order chi connectivity index (χ1) is 16.4. The standard InChI is InChI=1S/C24H26FN5O2S2/c1-4-15-5-10-18-19(12-26)23(34-20(18)11-15)27-21(31)13-33-24-29-28-22(30(24)3)14(2)32-17-8-6-16(25)7-9-17/h6-9,14-15H,4-5,10-11,13H2,1-3H3,(H,27,31). The molecule has 10 heteroatoms. The summed E-state index contributed by atoms with van der Waals surface area (Å²) in [5, 5.41) is 22.2. The Balaban J connectivity index is 1.37. The van der Waals surface area contributed by atoms with Gasteiger partial charge < -0.3 is 14.6 Å². The molecule has 0 fully saturated rings. The molecule has 1 aliphatic carbocycles. The zero-order valence-corrected chi connectivity index (χ0v) is 20.9. The van der Waals surface area contributed by atoms with Gasteiger partial charge in [-0.3, -0.25) is 4.79 Å². The number of thioether (sulfide) groups is 1. The van der Waals surface area contributed by atoms with Gasteiger partial charge in [0.05, 0.1) is 11.3 Å². The summed E-state index contributed by atoms with van der Waals surface area (Å²) in [4.78, 5) is 13.9. The normalized spacial score (nSPS) is 15.9. The number of ether oxygens (including phenoxy) is 1. The van der Waals surface area contributed by atoms with Gasteiger partial charge in [-0.15, -0.1) is 21.5 Å². The maximum absolute atomic E-state index is 13.1. The topological polar surface area (TPSA) is 92.8 Å². The van der Waals surface area contributed by atoms with Crippen molar-refractivity contribution in [3.63, 3.8) is 0 Å². The van der Waals surface area contributed by atoms with Gasteiger partial charge in [0.15, 0.2) is 17.1 Å². The number of hydrogen-bond donors (Lipinski definition) is 1. The van der Waals surface area contributed by atoms with E-state index in [-0.39, 0.29) is 17.5 Å². The number of aromatic nitrogens is 3. The Labute approximate surface area is 206 Å². The fourth-order valence-electron chi connectivity index (χ4n) is 4.08. The average Bonchev–Trinajstić information content (AvgIpc) is 3.37. The van der Waals surface area contributed by atoms with E-state index in [0.29, 0.717) is 33.2 Å². The number of nitriles is 1. The van der Waals surface area contributed by atoms with Crippen molar-refractivity contribution in [2.75, 3.05) is 11.1 Å². The lowest BCUT2D eigenvalue weighted by Crippen LogP contribution is -2.15. The molecule has 0 bridgehead atoms. The van der Waals surface area contributed by atoms with Crippen molar-refractivity contribution in [1.82, 2.24) is 14.8 Å². The Morgan fingerprint density at radius 2 is 2.18 bits per heavy atom. The Morgan fingerprint density at radius 3 is 2.88 bits per heavy atom. The van der Waals surface area contributed by atoms with Crippen LogP contribution >= 0.6 is 23.1 Å². The van der Waals surface area contributed by atoms with E-state index in [4.69, 9.17) is 4.74 Å². The van der Waals surface area contributed by atoms with Crippen LogP contribution in [-0.2, 0) is 24.7 Å². The van der Waals surface area contributed by atoms with Crippen LogP contribution in [0.25, 0.3) is 0 Å². The summed E-state index contributed by atoms with van der Waals surface area (Å²) in [6.45, 7) is 4.03. The van der Waals surface area contributed by atoms with E-state index in [2.05, 4.69) is 28.5 Å². The van der Waals surface area contributed by atoms with Crippen LogP contribution in [0.2, 0.25) is 0 Å².